The summed E-state index contributed by atoms with van der Waals surface area (Å²) in [5, 5.41) is 4.56. The van der Waals surface area contributed by atoms with E-state index in [4.69, 9.17) is 21.4 Å². The number of piperidine rings is 1. The van der Waals surface area contributed by atoms with Crippen molar-refractivity contribution in [2.45, 2.75) is 25.9 Å². The molecular weight excluding hydrogens is 402 g/mol. The van der Waals surface area contributed by atoms with E-state index in [1.54, 1.807) is 11.8 Å². The smallest absolute Gasteiger partial charge is 0.288 e. The van der Waals surface area contributed by atoms with Crippen LogP contribution in [-0.2, 0) is 11.5 Å². The number of rotatable bonds is 6. The summed E-state index contributed by atoms with van der Waals surface area (Å²) in [5.74, 6) is 1.43. The van der Waals surface area contributed by atoms with Crippen molar-refractivity contribution in [3.05, 3.63) is 29.1 Å². The van der Waals surface area contributed by atoms with Crippen LogP contribution in [0.3, 0.4) is 0 Å². The van der Waals surface area contributed by atoms with E-state index < -0.39 is 0 Å². The van der Waals surface area contributed by atoms with E-state index in [1.165, 1.54) is 6.42 Å². The molecule has 1 aromatic heterocycles. The van der Waals surface area contributed by atoms with Gasteiger partial charge in [0.2, 0.25) is 5.91 Å². The van der Waals surface area contributed by atoms with E-state index >= 15 is 0 Å². The van der Waals surface area contributed by atoms with E-state index in [9.17, 15) is 4.79 Å². The van der Waals surface area contributed by atoms with Crippen molar-refractivity contribution in [1.29, 1.82) is 0 Å². The van der Waals surface area contributed by atoms with Crippen LogP contribution < -0.4 is 4.74 Å². The van der Waals surface area contributed by atoms with E-state index in [-0.39, 0.29) is 5.91 Å². The fourth-order valence-corrected chi connectivity index (χ4v) is 4.22. The molecule has 0 radical (unpaired) electrons. The van der Waals surface area contributed by atoms with E-state index in [2.05, 4.69) is 14.9 Å². The maximum Gasteiger partial charge on any atom is 0.288 e. The summed E-state index contributed by atoms with van der Waals surface area (Å²) < 4.78 is 12.8. The first kappa shape index (κ1) is 21.0. The van der Waals surface area contributed by atoms with E-state index in [0.29, 0.717) is 29.7 Å². The molecule has 3 heterocycles. The maximum absolute atomic E-state index is 12.5. The Bertz CT molecular complexity index is 913. The van der Waals surface area contributed by atoms with Crippen molar-refractivity contribution >= 4 is 18.1 Å². The van der Waals surface area contributed by atoms with Crippen molar-refractivity contribution in [1.82, 2.24) is 24.5 Å². The lowest BCUT2D eigenvalue weighted by molar-refractivity contribution is -0.133. The van der Waals surface area contributed by atoms with Crippen LogP contribution in [0.1, 0.15) is 19.3 Å². The van der Waals surface area contributed by atoms with Crippen LogP contribution in [-0.4, -0.2) is 83.3 Å². The minimum Gasteiger partial charge on any atom is -0.496 e. The number of hydrogen-bond donors (Lipinski definition) is 0. The Labute approximate surface area is 182 Å². The average molecular weight is 432 g/mol. The molecule has 0 atom stereocenters. The summed E-state index contributed by atoms with van der Waals surface area (Å²) in [4.78, 5) is 19.4. The van der Waals surface area contributed by atoms with Gasteiger partial charge in [0.05, 0.1) is 25.9 Å². The van der Waals surface area contributed by atoms with Gasteiger partial charge in [0.15, 0.2) is 0 Å². The molecular formula is C21H29N5O3S. The molecule has 0 spiro atoms. The first-order valence-corrected chi connectivity index (χ1v) is 11.0. The number of aromatic nitrogens is 2. The Hall–Kier alpha value is -2.23. The fraction of sp³-hybridized carbons (Fsp3) is 0.571. The summed E-state index contributed by atoms with van der Waals surface area (Å²) in [6, 6.07) is 7.60. The molecule has 2 fully saturated rings. The number of carbonyl (C=O) groups is 1. The van der Waals surface area contributed by atoms with Gasteiger partial charge in [-0.2, -0.15) is 0 Å². The van der Waals surface area contributed by atoms with Gasteiger partial charge in [0.1, 0.15) is 5.75 Å². The van der Waals surface area contributed by atoms with Crippen LogP contribution in [0, 0.1) is 4.84 Å². The van der Waals surface area contributed by atoms with Gasteiger partial charge < -0.3 is 14.1 Å². The highest BCUT2D eigenvalue weighted by Crippen LogP contribution is 2.28. The third kappa shape index (κ3) is 4.91. The number of piperazine rings is 1. The number of nitrogens with zero attached hydrogens (tertiary/aromatic N) is 5. The number of methoxy groups -OCH3 is 1. The summed E-state index contributed by atoms with van der Waals surface area (Å²) in [6.07, 6.45) is 3.51. The van der Waals surface area contributed by atoms with Crippen molar-refractivity contribution in [2.75, 3.05) is 52.9 Å². The van der Waals surface area contributed by atoms with Crippen molar-refractivity contribution in [3.8, 4) is 17.2 Å². The third-order valence-corrected chi connectivity index (χ3v) is 6.10. The first-order valence-electron chi connectivity index (χ1n) is 10.6. The number of para-hydroxylation sites is 1. The van der Waals surface area contributed by atoms with Crippen molar-refractivity contribution in [2.24, 2.45) is 0 Å². The standard InChI is InChI=1S/C21H29N5O3S/c1-28-18-8-4-3-7-17(18)20-22-26(21(30)29-20)16-24-13-11-23(12-14-24)15-19(27)25-9-5-2-6-10-25/h3-4,7-8H,2,5-6,9-16H2,1H3. The molecule has 2 saturated heterocycles. The molecule has 0 saturated carbocycles. The molecule has 1 amide bonds. The largest absolute Gasteiger partial charge is 0.496 e. The summed E-state index contributed by atoms with van der Waals surface area (Å²) >= 11 is 5.38. The molecule has 8 nitrogen and oxygen atoms in total. The zero-order chi connectivity index (χ0) is 20.9. The lowest BCUT2D eigenvalue weighted by atomic mass is 10.1. The van der Waals surface area contributed by atoms with Crippen LogP contribution in [0.15, 0.2) is 28.7 Å². The molecule has 30 heavy (non-hydrogen) atoms. The van der Waals surface area contributed by atoms with Gasteiger partial charge in [0, 0.05) is 39.3 Å². The lowest BCUT2D eigenvalue weighted by Gasteiger charge is -2.35. The molecule has 0 N–H and O–H groups in total. The van der Waals surface area contributed by atoms with Gasteiger partial charge in [-0.05, 0) is 43.6 Å². The normalized spacial score (nSPS) is 18.5. The fourth-order valence-electron chi connectivity index (χ4n) is 4.04. The quantitative estimate of drug-likeness (QED) is 0.651. The van der Waals surface area contributed by atoms with Crippen LogP contribution in [0.4, 0.5) is 0 Å². The van der Waals surface area contributed by atoms with Gasteiger partial charge in [-0.25, -0.2) is 4.68 Å². The van der Waals surface area contributed by atoms with Gasteiger partial charge >= 0.3 is 0 Å². The number of hydrogen-bond acceptors (Lipinski definition) is 7. The molecule has 2 aliphatic heterocycles. The lowest BCUT2D eigenvalue weighted by Crippen LogP contribution is -2.50. The molecule has 0 aliphatic carbocycles. The average Bonchev–Trinajstić information content (AvgIpc) is 3.15. The highest BCUT2D eigenvalue weighted by atomic mass is 32.1. The molecule has 162 valence electrons. The van der Waals surface area contributed by atoms with Crippen LogP contribution in [0.25, 0.3) is 11.5 Å². The van der Waals surface area contributed by atoms with Crippen LogP contribution in [0.5, 0.6) is 5.75 Å². The second-order valence-electron chi connectivity index (χ2n) is 7.85. The summed E-state index contributed by atoms with van der Waals surface area (Å²) in [7, 11) is 1.62. The minimum absolute atomic E-state index is 0.267. The maximum atomic E-state index is 12.5. The predicted molar refractivity (Wildman–Crippen MR) is 116 cm³/mol. The monoisotopic (exact) mass is 431 g/mol. The highest BCUT2D eigenvalue weighted by molar-refractivity contribution is 7.71. The van der Waals surface area contributed by atoms with Crippen LogP contribution in [0.2, 0.25) is 0 Å². The Morgan fingerprint density at radius 3 is 2.50 bits per heavy atom. The SMILES string of the molecule is COc1ccccc1-c1nn(CN2CCN(CC(=O)N3CCCCC3)CC2)c(=S)o1. The Kier molecular flexibility index (Phi) is 6.81. The predicted octanol–water partition coefficient (Wildman–Crippen LogP) is 2.47. The molecule has 2 aliphatic rings. The number of carbonyl (C=O) groups excluding carboxylic acids is 1. The number of amides is 1. The molecule has 9 heteroatoms. The summed E-state index contributed by atoms with van der Waals surface area (Å²) in [5.41, 5.74) is 0.783. The van der Waals surface area contributed by atoms with Crippen LogP contribution >= 0.6 is 12.2 Å². The molecule has 2 aromatic rings. The minimum atomic E-state index is 0.267. The van der Waals surface area contributed by atoms with Gasteiger partial charge in [-0.1, -0.05) is 12.1 Å². The molecule has 1 aromatic carbocycles. The topological polar surface area (TPSA) is 67.0 Å². The molecule has 4 rings (SSSR count). The Balaban J connectivity index is 1.31. The van der Waals surface area contributed by atoms with Gasteiger partial charge in [-0.15, -0.1) is 5.10 Å². The van der Waals surface area contributed by atoms with Gasteiger partial charge in [0.25, 0.3) is 10.7 Å². The van der Waals surface area contributed by atoms with Crippen molar-refractivity contribution < 1.29 is 13.9 Å². The van der Waals surface area contributed by atoms with Gasteiger partial charge in [-0.3, -0.25) is 14.6 Å². The number of likely N-dealkylation sites (tertiary alicyclic amines) is 1. The summed E-state index contributed by atoms with van der Waals surface area (Å²) in [6.45, 7) is 6.39. The molecule has 0 unspecified atom stereocenters. The Morgan fingerprint density at radius 1 is 1.07 bits per heavy atom. The second kappa shape index (κ2) is 9.72. The highest BCUT2D eigenvalue weighted by Gasteiger charge is 2.23. The zero-order valence-corrected chi connectivity index (χ0v) is 18.3. The van der Waals surface area contributed by atoms with E-state index in [1.807, 2.05) is 29.2 Å². The molecule has 0 bridgehead atoms. The van der Waals surface area contributed by atoms with E-state index in [0.717, 1.165) is 57.7 Å². The Morgan fingerprint density at radius 2 is 1.77 bits per heavy atom. The first-order chi connectivity index (χ1) is 14.6. The number of ether oxygens (including phenoxy) is 1. The second-order valence-corrected chi connectivity index (χ2v) is 8.20. The third-order valence-electron chi connectivity index (χ3n) is 5.81. The van der Waals surface area contributed by atoms with Crippen molar-refractivity contribution in [3.63, 3.8) is 0 Å². The zero-order valence-electron chi connectivity index (χ0n) is 17.5. The number of benzene rings is 1.